The van der Waals surface area contributed by atoms with E-state index in [0.717, 1.165) is 12.1 Å². The Kier molecular flexibility index (Phi) is 28.3. The number of nitrogens with two attached hydrogens (primary N) is 1. The second-order valence-electron chi connectivity index (χ2n) is 10.5. The van der Waals surface area contributed by atoms with Gasteiger partial charge in [-0.3, -0.25) is 0 Å². The monoisotopic (exact) mass is 522 g/mol. The maximum absolute atomic E-state index is 9.19. The van der Waals surface area contributed by atoms with E-state index in [4.69, 9.17) is 10.2 Å². The molecule has 0 rings (SSSR count). The molecule has 34 heavy (non-hydrogen) atoms. The summed E-state index contributed by atoms with van der Waals surface area (Å²) in [6, 6.07) is 1.77. The minimum absolute atomic E-state index is 0. The second-order valence-corrected chi connectivity index (χ2v) is 11.6. The van der Waals surface area contributed by atoms with Crippen molar-refractivity contribution >= 4 is 9.76 Å². The van der Waals surface area contributed by atoms with E-state index in [1.807, 2.05) is 0 Å². The van der Waals surface area contributed by atoms with Crippen LogP contribution in [0.5, 0.6) is 0 Å². The number of nitrogens with one attached hydrogen (secondary N) is 1. The van der Waals surface area contributed by atoms with E-state index in [-0.39, 0.29) is 32.2 Å². The number of halogens is 1. The molecule has 0 aromatic heterocycles. The van der Waals surface area contributed by atoms with Crippen molar-refractivity contribution < 1.29 is 31.9 Å². The van der Waals surface area contributed by atoms with E-state index in [2.05, 4.69) is 21.0 Å². The molecule has 2 radical (unpaired) electrons. The average Bonchev–Trinajstić information content (AvgIpc) is 2.81. The molecule has 0 bridgehead atoms. The van der Waals surface area contributed by atoms with Crippen LogP contribution < -0.4 is 23.0 Å². The van der Waals surface area contributed by atoms with Crippen molar-refractivity contribution in [3.63, 3.8) is 0 Å². The smallest absolute Gasteiger partial charge is 0.229 e. The first-order valence-electron chi connectivity index (χ1n) is 14.1. The van der Waals surface area contributed by atoms with Crippen LogP contribution in [0, 0.1) is 0 Å². The van der Waals surface area contributed by atoms with Gasteiger partial charge in [0.2, 0.25) is 9.76 Å². The van der Waals surface area contributed by atoms with Crippen LogP contribution in [0.3, 0.4) is 0 Å². The maximum Gasteiger partial charge on any atom is 0.229 e. The Morgan fingerprint density at radius 2 is 1.15 bits per heavy atom. The molecule has 0 amide bonds. The fourth-order valence-electron chi connectivity index (χ4n) is 4.31. The van der Waals surface area contributed by atoms with Gasteiger partial charge in [-0.05, 0) is 31.7 Å². The van der Waals surface area contributed by atoms with Crippen molar-refractivity contribution in [2.45, 2.75) is 140 Å². The molecular formula is C27H59ClN2O3Si. The molecule has 7 heteroatoms. The first kappa shape index (κ1) is 36.5. The van der Waals surface area contributed by atoms with Gasteiger partial charge in [-0.25, -0.2) is 0 Å². The number of hydrogen-bond acceptors (Lipinski definition) is 4. The van der Waals surface area contributed by atoms with Gasteiger partial charge in [0.05, 0.1) is 45.5 Å². The van der Waals surface area contributed by atoms with E-state index >= 15 is 0 Å². The van der Waals surface area contributed by atoms with Crippen LogP contribution in [0.25, 0.3) is 0 Å². The summed E-state index contributed by atoms with van der Waals surface area (Å²) in [7, 11) is 4.95. The Bertz CT molecular complexity index is 402. The number of unbranched alkanes of at least 4 members (excludes halogenated alkanes) is 14. The van der Waals surface area contributed by atoms with Crippen LogP contribution in [0.15, 0.2) is 0 Å². The molecule has 5 N–H and O–H groups in total. The summed E-state index contributed by atoms with van der Waals surface area (Å²) in [6.07, 6.45) is 25.1. The van der Waals surface area contributed by atoms with Gasteiger partial charge < -0.3 is 37.7 Å². The highest BCUT2D eigenvalue weighted by atomic mass is 35.5. The summed E-state index contributed by atoms with van der Waals surface area (Å²) in [5.41, 5.74) is 4.82. The molecule has 0 saturated heterocycles. The molecule has 0 saturated carbocycles. The van der Waals surface area contributed by atoms with Crippen molar-refractivity contribution in [2.24, 2.45) is 5.73 Å². The third-order valence-corrected chi connectivity index (χ3v) is 7.80. The van der Waals surface area contributed by atoms with Crippen molar-refractivity contribution in [3.8, 4) is 0 Å². The van der Waals surface area contributed by atoms with Gasteiger partial charge in [-0.1, -0.05) is 96.8 Å². The summed E-state index contributed by atoms with van der Waals surface area (Å²) >= 11 is 0. The summed E-state index contributed by atoms with van der Waals surface area (Å²) < 4.78 is 5.59. The van der Waals surface area contributed by atoms with Gasteiger partial charge in [0.25, 0.3) is 0 Å². The van der Waals surface area contributed by atoms with Crippen LogP contribution >= 0.6 is 0 Å². The standard InChI is InChI=1S/C27H58N2O3Si.ClH/c1-4-5-6-7-8-9-10-11-12-13-14-15-16-17-18-20-26(29(2)3)21-19-22-33-32-25-27(28,23-30)24-31;/h26,30-31H,4-25,28H2,1-3H3;1H. The molecular weight excluding hydrogens is 464 g/mol. The third kappa shape index (κ3) is 22.8. The molecule has 5 nitrogen and oxygen atoms in total. The lowest BCUT2D eigenvalue weighted by Gasteiger charge is -2.24. The largest absolute Gasteiger partial charge is 1.00 e. The molecule has 0 aromatic rings. The normalized spacial score (nSPS) is 12.8. The third-order valence-electron chi connectivity index (χ3n) is 6.90. The van der Waals surface area contributed by atoms with E-state index in [9.17, 15) is 10.2 Å². The Hall–Kier alpha value is 0.307. The van der Waals surface area contributed by atoms with Crippen LogP contribution in [0.4, 0.5) is 0 Å². The van der Waals surface area contributed by atoms with Crippen molar-refractivity contribution in [1.82, 2.24) is 0 Å². The van der Waals surface area contributed by atoms with Gasteiger partial charge in [0.1, 0.15) is 0 Å². The zero-order valence-corrected chi connectivity index (χ0v) is 24.6. The summed E-state index contributed by atoms with van der Waals surface area (Å²) in [5.74, 6) is 0. The van der Waals surface area contributed by atoms with Crippen LogP contribution in [0.1, 0.15) is 122 Å². The molecule has 0 spiro atoms. The fraction of sp³-hybridized carbons (Fsp3) is 1.00. The van der Waals surface area contributed by atoms with Crippen LogP contribution in [-0.4, -0.2) is 65.5 Å². The zero-order chi connectivity index (χ0) is 24.6. The van der Waals surface area contributed by atoms with Gasteiger partial charge in [0.15, 0.2) is 0 Å². The highest BCUT2D eigenvalue weighted by Gasteiger charge is 2.23. The number of hydrogen-bond donors (Lipinski definition) is 4. The molecule has 206 valence electrons. The Labute approximate surface area is 221 Å². The van der Waals surface area contributed by atoms with E-state index < -0.39 is 5.54 Å². The van der Waals surface area contributed by atoms with Gasteiger partial charge in [-0.15, -0.1) is 0 Å². The molecule has 1 atom stereocenters. The van der Waals surface area contributed by atoms with Gasteiger partial charge >= 0.3 is 0 Å². The maximum atomic E-state index is 9.19. The number of quaternary nitrogens is 1. The molecule has 0 heterocycles. The van der Waals surface area contributed by atoms with E-state index in [0.29, 0.717) is 9.76 Å². The number of aliphatic hydroxyl groups is 2. The SMILES string of the molecule is CCCCCCCCCCCCCCCCCC(CCC[Si]OCC(N)(CO)CO)[NH+](C)C.[Cl-]. The average molecular weight is 523 g/mol. The first-order chi connectivity index (χ1) is 16.0. The lowest BCUT2D eigenvalue weighted by Crippen LogP contribution is -3.10. The number of aliphatic hydroxyl groups excluding tert-OH is 2. The minimum Gasteiger partial charge on any atom is -1.00 e. The molecule has 1 unspecified atom stereocenters. The molecule has 0 fully saturated rings. The second kappa shape index (κ2) is 26.4. The lowest BCUT2D eigenvalue weighted by atomic mass is 10.0. The van der Waals surface area contributed by atoms with E-state index in [1.54, 1.807) is 4.90 Å². The van der Waals surface area contributed by atoms with Crippen molar-refractivity contribution in [2.75, 3.05) is 33.9 Å². The predicted octanol–water partition coefficient (Wildman–Crippen LogP) is 1.28. The minimum atomic E-state index is -1.00. The molecule has 0 aliphatic rings. The van der Waals surface area contributed by atoms with Gasteiger partial charge in [0, 0.05) is 0 Å². The lowest BCUT2D eigenvalue weighted by molar-refractivity contribution is -0.886. The summed E-state index contributed by atoms with van der Waals surface area (Å²) in [5, 5.41) is 18.4. The highest BCUT2D eigenvalue weighted by Crippen LogP contribution is 2.14. The first-order valence-corrected chi connectivity index (χ1v) is 15.3. The van der Waals surface area contributed by atoms with Gasteiger partial charge in [-0.2, -0.15) is 0 Å². The summed E-state index contributed by atoms with van der Waals surface area (Å²) in [6.45, 7) is 2.01. The van der Waals surface area contributed by atoms with Crippen LogP contribution in [-0.2, 0) is 4.43 Å². The zero-order valence-electron chi connectivity index (χ0n) is 22.9. The topological polar surface area (TPSA) is 80.2 Å². The van der Waals surface area contributed by atoms with Crippen molar-refractivity contribution in [3.05, 3.63) is 0 Å². The predicted molar refractivity (Wildman–Crippen MR) is 143 cm³/mol. The van der Waals surface area contributed by atoms with Crippen LogP contribution in [0.2, 0.25) is 6.04 Å². The molecule has 0 aliphatic carbocycles. The number of rotatable bonds is 26. The molecule has 0 aliphatic heterocycles. The highest BCUT2D eigenvalue weighted by molar-refractivity contribution is 6.27. The Morgan fingerprint density at radius 1 is 0.735 bits per heavy atom. The fourth-order valence-corrected chi connectivity index (χ4v) is 5.19. The molecule has 0 aromatic carbocycles. The van der Waals surface area contributed by atoms with Crippen molar-refractivity contribution in [1.29, 1.82) is 0 Å². The quantitative estimate of drug-likeness (QED) is 0.102. The Balaban J connectivity index is 0. The van der Waals surface area contributed by atoms with E-state index in [1.165, 1.54) is 116 Å². The Morgan fingerprint density at radius 3 is 1.56 bits per heavy atom. The summed E-state index contributed by atoms with van der Waals surface area (Å²) in [4.78, 5) is 1.56.